The maximum atomic E-state index is 15.7. The molecule has 6 aliphatic heterocycles. The highest BCUT2D eigenvalue weighted by Gasteiger charge is 2.48. The van der Waals surface area contributed by atoms with Crippen molar-refractivity contribution in [3.05, 3.63) is 89.7 Å². The molecule has 4 N–H and O–H groups in total. The molecule has 20 heteroatoms. The number of likely N-dealkylation sites (N-methyl/N-ethyl adjacent to an activating group) is 1. The molecule has 6 fully saturated rings. The standard InChI is InChI=1S/C53H67N9O10S/c1-6-37-50(68)61-23-11-14-38(61)51(69)59(5)40(26-32-16-18-36(19-17-32)58(3)4)52(70)62-28-35(30-73-43-29-60-24-20-33(43)21-25-60)42(64)27-39(62)47(65)57-45(34-12-8-7-9-13-34)53(71)72-31(2)44(48(66)55-37)56-49(67)46-41(63)15-10-22-54-46/h7-10,12-13,15-19,22,31,33,35,37-40,43-45,63H,6,11,14,20-21,23-30H2,1-5H3,(H,55,66)(H,56,67)(H,57,65)/q+1/t31-,35+,37-,38+,39+,40+,43-,44+,45+/m1/s1. The molecule has 19 nitrogen and oxygen atoms in total. The first-order valence-corrected chi connectivity index (χ1v) is 26.4. The van der Waals surface area contributed by atoms with Gasteiger partial charge in [0.25, 0.3) is 5.91 Å². The number of carbonyl (C=O) groups is 8. The number of anilines is 1. The number of benzene rings is 2. The summed E-state index contributed by atoms with van der Waals surface area (Å²) in [5, 5.41) is 18.8. The Morgan fingerprint density at radius 3 is 2.27 bits per heavy atom. The van der Waals surface area contributed by atoms with Crippen LogP contribution in [0.5, 0.6) is 5.75 Å². The summed E-state index contributed by atoms with van der Waals surface area (Å²) < 4.78 is 5.97. The molecule has 0 aliphatic carbocycles. The van der Waals surface area contributed by atoms with Gasteiger partial charge in [0, 0.05) is 83.5 Å². The Balaban J connectivity index is 1.19. The van der Waals surface area contributed by atoms with E-state index < -0.39 is 101 Å². The van der Waals surface area contributed by atoms with Crippen molar-refractivity contribution in [2.24, 2.45) is 11.8 Å². The zero-order chi connectivity index (χ0) is 52.1. The van der Waals surface area contributed by atoms with Crippen LogP contribution in [0.2, 0.25) is 0 Å². The lowest BCUT2D eigenvalue weighted by molar-refractivity contribution is -0.157. The first-order valence-electron chi connectivity index (χ1n) is 25.3. The number of esters is 1. The van der Waals surface area contributed by atoms with Gasteiger partial charge in [-0.05, 0) is 67.5 Å². The number of nitrogens with one attached hydrogen (secondary N) is 3. The zero-order valence-electron chi connectivity index (χ0n) is 42.1. The SMILES string of the molecule is CC[C@H]1NC(=O)[C@@H](NC(=O)c2ncccc2O)[C@@H](C)OC(=O)[C@H](c2ccccc2)NC(=O)[C@@H]2CC(=O)[C@H](CS[C@@H]3C[N+]4CCC3CC4)CN2C(=O)[C@H](Cc2ccc(N(C)C)cc2)N(C)C(=O)[C@@H]2CCCN2C1=O. The number of carbonyl (C=O) groups excluding carboxylic acids is 8. The average molecular weight is 1020 g/mol. The summed E-state index contributed by atoms with van der Waals surface area (Å²) in [6.07, 6.45) is 2.40. The van der Waals surface area contributed by atoms with Crippen LogP contribution >= 0.6 is 11.8 Å². The topological polar surface area (TPSA) is 234 Å². The number of hydrogen-bond donors (Lipinski definition) is 4. The lowest BCUT2D eigenvalue weighted by Crippen LogP contribution is -2.63. The van der Waals surface area contributed by atoms with Gasteiger partial charge in [0.1, 0.15) is 67.5 Å². The van der Waals surface area contributed by atoms with E-state index in [2.05, 4.69) is 25.8 Å². The first-order chi connectivity index (χ1) is 35.0. The number of amides is 6. The molecule has 9 atom stereocenters. The number of hydrogen-bond acceptors (Lipinski definition) is 14. The molecule has 73 heavy (non-hydrogen) atoms. The molecule has 1 radical (unpaired) electrons. The van der Waals surface area contributed by atoms with Crippen molar-refractivity contribution in [2.75, 3.05) is 64.5 Å². The number of pyridine rings is 1. The van der Waals surface area contributed by atoms with Gasteiger partial charge in [0.05, 0.1) is 5.25 Å². The van der Waals surface area contributed by atoms with Gasteiger partial charge in [0.2, 0.25) is 29.5 Å². The molecule has 1 aromatic heterocycles. The molecule has 9 rings (SSSR count). The Labute approximate surface area is 430 Å². The first kappa shape index (κ1) is 52.8. The summed E-state index contributed by atoms with van der Waals surface area (Å²) in [6.45, 7) is 6.11. The van der Waals surface area contributed by atoms with Crippen LogP contribution in [0.1, 0.15) is 80.0 Å². The second-order valence-corrected chi connectivity index (χ2v) is 21.4. The van der Waals surface area contributed by atoms with Crippen molar-refractivity contribution in [3.63, 3.8) is 0 Å². The van der Waals surface area contributed by atoms with Crippen molar-refractivity contribution in [3.8, 4) is 5.75 Å². The molecular weight excluding hydrogens is 955 g/mol. The van der Waals surface area contributed by atoms with E-state index in [1.54, 1.807) is 49.0 Å². The zero-order valence-corrected chi connectivity index (χ0v) is 42.9. The Bertz CT molecular complexity index is 2540. The van der Waals surface area contributed by atoms with Crippen molar-refractivity contribution in [2.45, 2.75) is 106 Å². The van der Waals surface area contributed by atoms with Crippen molar-refractivity contribution < 1.29 is 48.2 Å². The summed E-state index contributed by atoms with van der Waals surface area (Å²) in [5.74, 6) is -5.83. The van der Waals surface area contributed by atoms with E-state index in [1.807, 2.05) is 43.3 Å². The molecule has 2 aromatic carbocycles. The van der Waals surface area contributed by atoms with Gasteiger partial charge >= 0.3 is 5.97 Å². The minimum atomic E-state index is -1.69. The third-order valence-electron chi connectivity index (χ3n) is 15.2. The lowest BCUT2D eigenvalue weighted by Gasteiger charge is -2.43. The lowest BCUT2D eigenvalue weighted by atomic mass is 9.88. The van der Waals surface area contributed by atoms with Gasteiger partial charge in [-0.1, -0.05) is 49.4 Å². The number of aromatic nitrogens is 1. The van der Waals surface area contributed by atoms with Crippen LogP contribution in [0, 0.1) is 11.8 Å². The number of rotatable bonds is 10. The highest BCUT2D eigenvalue weighted by atomic mass is 32.2. The fraction of sp³-hybridized carbons (Fsp3) is 0.528. The van der Waals surface area contributed by atoms with E-state index in [-0.39, 0.29) is 50.1 Å². The molecular formula is C53H67N9O10S+. The normalized spacial score (nSPS) is 29.5. The smallest absolute Gasteiger partial charge is 0.333 e. The average Bonchev–Trinajstić information content (AvgIpc) is 3.89. The van der Waals surface area contributed by atoms with Crippen LogP contribution in [0.15, 0.2) is 72.9 Å². The maximum absolute atomic E-state index is 15.7. The largest absolute Gasteiger partial charge is 0.505 e. The molecule has 3 aromatic rings. The highest BCUT2D eigenvalue weighted by molar-refractivity contribution is 8.00. The molecule has 2 bridgehead atoms. The van der Waals surface area contributed by atoms with Crippen LogP contribution in [-0.4, -0.2) is 173 Å². The number of piperidine rings is 4. The quantitative estimate of drug-likeness (QED) is 0.169. The van der Waals surface area contributed by atoms with Crippen LogP contribution < -0.4 is 25.8 Å². The summed E-state index contributed by atoms with van der Waals surface area (Å²) in [7, 11) is 5.33. The number of fused-ring (bicyclic) bond motifs is 5. The molecule has 6 saturated heterocycles. The van der Waals surface area contributed by atoms with Gasteiger partial charge in [-0.15, -0.1) is 0 Å². The molecule has 0 saturated carbocycles. The van der Waals surface area contributed by atoms with E-state index in [0.717, 1.165) is 43.7 Å². The molecule has 389 valence electrons. The third kappa shape index (κ3) is 11.8. The number of thioether (sulfide) groups is 1. The van der Waals surface area contributed by atoms with Crippen LogP contribution in [0.25, 0.3) is 0 Å². The summed E-state index contributed by atoms with van der Waals surface area (Å²) in [4.78, 5) is 130. The summed E-state index contributed by atoms with van der Waals surface area (Å²) in [5.41, 5.74) is 1.49. The molecule has 0 spiro atoms. The highest BCUT2D eigenvalue weighted by Crippen LogP contribution is 2.36. The van der Waals surface area contributed by atoms with Gasteiger partial charge in [-0.25, -0.2) is 9.78 Å². The number of aromatic hydroxyl groups is 1. The molecule has 6 aliphatic rings. The van der Waals surface area contributed by atoms with Crippen LogP contribution in [-0.2, 0) is 44.7 Å². The van der Waals surface area contributed by atoms with Crippen molar-refractivity contribution in [1.29, 1.82) is 0 Å². The molecule has 6 amide bonds. The number of nitrogens with zero attached hydrogens (tertiary/aromatic N) is 6. The van der Waals surface area contributed by atoms with Gasteiger partial charge < -0.3 is 45.4 Å². The number of ether oxygens (including phenoxy) is 1. The minimum Gasteiger partial charge on any atom is -0.505 e. The Hall–Kier alpha value is -6.54. The predicted octanol–water partition coefficient (Wildman–Crippen LogP) is 2.16. The van der Waals surface area contributed by atoms with Crippen LogP contribution in [0.3, 0.4) is 0 Å². The number of ketones is 1. The second kappa shape index (κ2) is 23.1. The van der Waals surface area contributed by atoms with E-state index in [4.69, 9.17) is 4.74 Å². The number of cyclic esters (lactones) is 1. The van der Waals surface area contributed by atoms with Crippen molar-refractivity contribution in [1.82, 2.24) is 40.5 Å². The van der Waals surface area contributed by atoms with E-state index in [0.29, 0.717) is 23.3 Å². The fourth-order valence-electron chi connectivity index (χ4n) is 10.8. The monoisotopic (exact) mass is 1020 g/mol. The maximum Gasteiger partial charge on any atom is 0.333 e. The predicted molar refractivity (Wildman–Crippen MR) is 272 cm³/mol. The third-order valence-corrected chi connectivity index (χ3v) is 16.7. The minimum absolute atomic E-state index is 0.0289. The van der Waals surface area contributed by atoms with Gasteiger partial charge in [0.15, 0.2) is 11.7 Å². The van der Waals surface area contributed by atoms with Crippen molar-refractivity contribution >= 4 is 64.6 Å². The van der Waals surface area contributed by atoms with Gasteiger partial charge in [-0.3, -0.25) is 33.6 Å². The van der Waals surface area contributed by atoms with E-state index in [9.17, 15) is 29.1 Å². The van der Waals surface area contributed by atoms with Gasteiger partial charge in [-0.2, -0.15) is 16.7 Å². The Morgan fingerprint density at radius 1 is 0.890 bits per heavy atom. The van der Waals surface area contributed by atoms with E-state index in [1.165, 1.54) is 47.0 Å². The fourth-order valence-corrected chi connectivity index (χ4v) is 12.4. The Kier molecular flexibility index (Phi) is 16.7. The Morgan fingerprint density at radius 2 is 1.62 bits per heavy atom. The van der Waals surface area contributed by atoms with E-state index >= 15 is 14.4 Å². The number of Topliss-reactive ketones (excluding diaryl/α,β-unsaturated/α-hetero) is 1. The second-order valence-electron chi connectivity index (χ2n) is 20.1. The van der Waals surface area contributed by atoms with Crippen LogP contribution in [0.4, 0.5) is 5.69 Å². The summed E-state index contributed by atoms with van der Waals surface area (Å²) >= 11 is 1.73. The molecule has 7 heterocycles. The molecule has 0 unspecified atom stereocenters. The summed E-state index contributed by atoms with van der Waals surface area (Å²) in [6, 6.07) is 10.3.